The van der Waals surface area contributed by atoms with Crippen molar-refractivity contribution in [1.29, 1.82) is 0 Å². The molecule has 0 spiro atoms. The summed E-state index contributed by atoms with van der Waals surface area (Å²) in [5, 5.41) is 7.47. The van der Waals surface area contributed by atoms with Crippen LogP contribution in [0.2, 0.25) is 5.02 Å². The van der Waals surface area contributed by atoms with Gasteiger partial charge in [0.1, 0.15) is 0 Å². The largest absolute Gasteiger partial charge is 0.351 e. The Kier molecular flexibility index (Phi) is 8.39. The second-order valence-electron chi connectivity index (χ2n) is 10.2. The number of nitrogens with zero attached hydrogens (tertiary/aromatic N) is 5. The van der Waals surface area contributed by atoms with Crippen molar-refractivity contribution < 1.29 is 4.79 Å². The van der Waals surface area contributed by atoms with Gasteiger partial charge in [0, 0.05) is 71.9 Å². The van der Waals surface area contributed by atoms with Crippen molar-refractivity contribution >= 4 is 44.9 Å². The smallest absolute Gasteiger partial charge is 0.246 e. The number of fused-ring (bicyclic) bond motifs is 1. The summed E-state index contributed by atoms with van der Waals surface area (Å²) in [5.74, 6) is 0.763. The summed E-state index contributed by atoms with van der Waals surface area (Å²) in [6.07, 6.45) is 9.90. The van der Waals surface area contributed by atoms with Gasteiger partial charge in [-0.3, -0.25) is 9.69 Å². The van der Waals surface area contributed by atoms with E-state index in [9.17, 15) is 4.79 Å². The van der Waals surface area contributed by atoms with E-state index in [0.717, 1.165) is 56.8 Å². The topological polar surface area (TPSA) is 64.6 Å². The van der Waals surface area contributed by atoms with E-state index < -0.39 is 0 Å². The van der Waals surface area contributed by atoms with Gasteiger partial charge >= 0.3 is 0 Å². The zero-order chi connectivity index (χ0) is 25.8. The summed E-state index contributed by atoms with van der Waals surface area (Å²) in [6.45, 7) is 4.22. The molecule has 1 aromatic carbocycles. The third-order valence-electron chi connectivity index (χ3n) is 7.33. The highest BCUT2D eigenvalue weighted by molar-refractivity contribution is 7.17. The summed E-state index contributed by atoms with van der Waals surface area (Å²) in [6, 6.07) is 9.18. The molecule has 1 aliphatic carbocycles. The van der Waals surface area contributed by atoms with Crippen LogP contribution in [0.25, 0.3) is 21.3 Å². The van der Waals surface area contributed by atoms with Gasteiger partial charge in [0.05, 0.1) is 16.9 Å². The van der Waals surface area contributed by atoms with E-state index in [0.29, 0.717) is 23.1 Å². The number of rotatable bonds is 7. The highest BCUT2D eigenvalue weighted by Gasteiger charge is 2.30. The number of nitrogens with one attached hydrogen (secondary N) is 1. The first kappa shape index (κ1) is 26.1. The number of carbonyl (C=O) groups excluding carboxylic acids is 1. The van der Waals surface area contributed by atoms with Gasteiger partial charge in [-0.05, 0) is 45.8 Å². The minimum Gasteiger partial charge on any atom is -0.351 e. The number of aromatic nitrogens is 2. The second kappa shape index (κ2) is 11.9. The molecule has 3 aromatic rings. The monoisotopic (exact) mass is 538 g/mol. The molecule has 1 saturated carbocycles. The van der Waals surface area contributed by atoms with Crippen molar-refractivity contribution in [2.75, 3.05) is 52.1 Å². The second-order valence-corrected chi connectivity index (χ2v) is 11.5. The Morgan fingerprint density at radius 1 is 1.22 bits per heavy atom. The number of benzene rings is 1. The summed E-state index contributed by atoms with van der Waals surface area (Å²) >= 11 is 8.25. The van der Waals surface area contributed by atoms with Crippen LogP contribution in [0.1, 0.15) is 25.7 Å². The minimum atomic E-state index is 0.124. The Morgan fingerprint density at radius 2 is 2.03 bits per heavy atom. The first-order chi connectivity index (χ1) is 18.0. The van der Waals surface area contributed by atoms with E-state index in [4.69, 9.17) is 16.6 Å². The number of hydrogen-bond acceptors (Lipinski definition) is 7. The molecule has 2 aliphatic rings. The van der Waals surface area contributed by atoms with Crippen LogP contribution < -0.4 is 5.32 Å². The van der Waals surface area contributed by atoms with Crippen molar-refractivity contribution in [2.24, 2.45) is 0 Å². The summed E-state index contributed by atoms with van der Waals surface area (Å²) in [4.78, 5) is 28.4. The fourth-order valence-electron chi connectivity index (χ4n) is 5.37. The number of likely N-dealkylation sites (N-methyl/N-ethyl adjacent to an activating group) is 1. The molecule has 37 heavy (non-hydrogen) atoms. The maximum absolute atomic E-state index is 12.5. The van der Waals surface area contributed by atoms with Gasteiger partial charge < -0.3 is 15.1 Å². The Morgan fingerprint density at radius 3 is 2.84 bits per heavy atom. The van der Waals surface area contributed by atoms with E-state index in [2.05, 4.69) is 43.7 Å². The average molecular weight is 539 g/mol. The molecule has 1 N–H and O–H groups in total. The Bertz CT molecular complexity index is 1250. The quantitative estimate of drug-likeness (QED) is 0.427. The van der Waals surface area contributed by atoms with E-state index in [1.54, 1.807) is 23.6 Å². The molecule has 2 atom stereocenters. The van der Waals surface area contributed by atoms with Gasteiger partial charge in [0.25, 0.3) is 0 Å². The molecule has 1 saturated heterocycles. The molecular weight excluding hydrogens is 504 g/mol. The van der Waals surface area contributed by atoms with E-state index in [1.807, 2.05) is 31.1 Å². The van der Waals surface area contributed by atoms with Crippen LogP contribution in [0.4, 0.5) is 5.95 Å². The van der Waals surface area contributed by atoms with Crippen LogP contribution in [-0.4, -0.2) is 89.5 Å². The number of hydrogen-bond donors (Lipinski definition) is 1. The highest BCUT2D eigenvalue weighted by Crippen LogP contribution is 2.36. The van der Waals surface area contributed by atoms with Crippen LogP contribution in [0.3, 0.4) is 0 Å². The molecule has 2 aromatic heterocycles. The zero-order valence-corrected chi connectivity index (χ0v) is 23.1. The number of anilines is 1. The lowest BCUT2D eigenvalue weighted by Gasteiger charge is -2.42. The Balaban J connectivity index is 1.19. The zero-order valence-electron chi connectivity index (χ0n) is 21.6. The standard InChI is InChI=1S/C28H35ClN6OS/c1-33(2)12-6-11-26(36)35-15-13-34(14-16-35)21-8-5-7-20(17-21)31-28-30-18-24(29)27(32-28)23-19-37-25-10-4-3-9-22(23)25/h3-4,6,9-11,18-21H,5,7-8,12-17H2,1-2H3,(H,30,31,32)/b11-6+/t20-,21+/m1/s1. The maximum atomic E-state index is 12.5. The van der Waals surface area contributed by atoms with Crippen LogP contribution in [-0.2, 0) is 4.79 Å². The van der Waals surface area contributed by atoms with Gasteiger partial charge in [0.2, 0.25) is 11.9 Å². The Labute approximate surface area is 228 Å². The predicted octanol–water partition coefficient (Wildman–Crippen LogP) is 5.00. The molecule has 7 nitrogen and oxygen atoms in total. The summed E-state index contributed by atoms with van der Waals surface area (Å²) in [5.41, 5.74) is 1.84. The highest BCUT2D eigenvalue weighted by atomic mass is 35.5. The van der Waals surface area contributed by atoms with Crippen LogP contribution >= 0.6 is 22.9 Å². The Hall–Kier alpha value is -2.52. The molecule has 1 aliphatic heterocycles. The van der Waals surface area contributed by atoms with E-state index >= 15 is 0 Å². The molecule has 0 bridgehead atoms. The third kappa shape index (κ3) is 6.32. The van der Waals surface area contributed by atoms with Gasteiger partial charge in [-0.1, -0.05) is 35.9 Å². The van der Waals surface area contributed by atoms with Gasteiger partial charge in [-0.15, -0.1) is 11.3 Å². The minimum absolute atomic E-state index is 0.124. The number of piperazine rings is 1. The number of thiophene rings is 1. The van der Waals surface area contributed by atoms with E-state index in [-0.39, 0.29) is 5.91 Å². The van der Waals surface area contributed by atoms with Gasteiger partial charge in [0.15, 0.2) is 0 Å². The SMILES string of the molecule is CN(C)C/C=C/C(=O)N1CCN([C@H]2CCC[C@@H](Nc3ncc(Cl)c(-c4csc5ccccc45)n3)C2)CC1. The van der Waals surface area contributed by atoms with Crippen LogP contribution in [0, 0.1) is 0 Å². The lowest BCUT2D eigenvalue weighted by molar-refractivity contribution is -0.128. The van der Waals surface area contributed by atoms with Crippen molar-refractivity contribution in [2.45, 2.75) is 37.8 Å². The molecule has 2 fully saturated rings. The maximum Gasteiger partial charge on any atom is 0.246 e. The first-order valence-electron chi connectivity index (χ1n) is 13.1. The van der Waals surface area contributed by atoms with Crippen LogP contribution in [0.15, 0.2) is 48.0 Å². The number of halogens is 1. The molecule has 3 heterocycles. The third-order valence-corrected chi connectivity index (χ3v) is 8.57. The summed E-state index contributed by atoms with van der Waals surface area (Å²) in [7, 11) is 4.01. The molecule has 9 heteroatoms. The first-order valence-corrected chi connectivity index (χ1v) is 14.3. The molecule has 0 unspecified atom stereocenters. The fourth-order valence-corrected chi connectivity index (χ4v) is 6.51. The molecule has 1 amide bonds. The fraction of sp³-hybridized carbons (Fsp3) is 0.464. The lowest BCUT2D eigenvalue weighted by Crippen LogP contribution is -2.53. The van der Waals surface area contributed by atoms with Gasteiger partial charge in [-0.25, -0.2) is 9.97 Å². The van der Waals surface area contributed by atoms with Gasteiger partial charge in [-0.2, -0.15) is 0 Å². The predicted molar refractivity (Wildman–Crippen MR) is 153 cm³/mol. The molecule has 5 rings (SSSR count). The summed E-state index contributed by atoms with van der Waals surface area (Å²) < 4.78 is 1.23. The normalized spacial score (nSPS) is 21.2. The van der Waals surface area contributed by atoms with Crippen molar-refractivity contribution in [3.63, 3.8) is 0 Å². The van der Waals surface area contributed by atoms with Crippen molar-refractivity contribution in [1.82, 2.24) is 24.7 Å². The van der Waals surface area contributed by atoms with E-state index in [1.165, 1.54) is 22.9 Å². The average Bonchev–Trinajstić information content (AvgIpc) is 3.34. The molecular formula is C28H35ClN6OS. The van der Waals surface area contributed by atoms with Crippen LogP contribution in [0.5, 0.6) is 0 Å². The number of amides is 1. The molecule has 0 radical (unpaired) electrons. The lowest BCUT2D eigenvalue weighted by atomic mass is 9.89. The molecule has 196 valence electrons. The number of carbonyl (C=O) groups is 1. The van der Waals surface area contributed by atoms with Crippen molar-refractivity contribution in [3.05, 3.63) is 53.0 Å². The van der Waals surface area contributed by atoms with Crippen molar-refractivity contribution in [3.8, 4) is 11.3 Å².